The molecule has 3 saturated carbocycles. The lowest BCUT2D eigenvalue weighted by Gasteiger charge is -2.64. The number of fused-ring (bicyclic) bond motifs is 2. The average Bonchev–Trinajstić information content (AvgIpc) is 2.11. The third kappa shape index (κ3) is 1.06. The highest BCUT2D eigenvalue weighted by atomic mass is 14.6. The van der Waals surface area contributed by atoms with Crippen molar-refractivity contribution in [2.75, 3.05) is 0 Å². The van der Waals surface area contributed by atoms with E-state index in [0.717, 1.165) is 29.1 Å². The van der Waals surface area contributed by atoms with Crippen LogP contribution in [-0.2, 0) is 0 Å². The van der Waals surface area contributed by atoms with Crippen LogP contribution >= 0.6 is 0 Å². The lowest BCUT2D eigenvalue weighted by atomic mass is 9.41. The smallest absolute Gasteiger partial charge is 0.0259 e. The largest absolute Gasteiger partial charge is 0.0651 e. The Morgan fingerprint density at radius 1 is 1.29 bits per heavy atom. The zero-order valence-corrected chi connectivity index (χ0v) is 9.76. The predicted octanol–water partition coefficient (Wildman–Crippen LogP) is 4.25. The van der Waals surface area contributed by atoms with Gasteiger partial charge in [0.15, 0.2) is 0 Å². The van der Waals surface area contributed by atoms with Gasteiger partial charge in [0, 0.05) is 0 Å². The summed E-state index contributed by atoms with van der Waals surface area (Å²) in [6.45, 7) is 4.88. The van der Waals surface area contributed by atoms with Crippen molar-refractivity contribution < 1.29 is 0 Å². The van der Waals surface area contributed by atoms with Crippen LogP contribution in [0.5, 0.6) is 0 Å². The van der Waals surface area contributed by atoms with E-state index in [1.54, 1.807) is 38.5 Å². The first-order chi connectivity index (χ1) is 6.75. The van der Waals surface area contributed by atoms with E-state index in [9.17, 15) is 0 Å². The van der Waals surface area contributed by atoms with Crippen molar-refractivity contribution >= 4 is 0 Å². The molecule has 0 saturated heterocycles. The van der Waals surface area contributed by atoms with Gasteiger partial charge in [0.05, 0.1) is 0 Å². The van der Waals surface area contributed by atoms with Crippen LogP contribution in [0.1, 0.15) is 58.8 Å². The van der Waals surface area contributed by atoms with E-state index in [1.165, 1.54) is 6.42 Å². The SMILES string of the molecule is CCC1CC2(CCCC3CC(C)C32)C1. The lowest BCUT2D eigenvalue weighted by Crippen LogP contribution is -2.55. The summed E-state index contributed by atoms with van der Waals surface area (Å²) in [5.74, 6) is 4.47. The average molecular weight is 192 g/mol. The molecule has 0 bridgehead atoms. The Kier molecular flexibility index (Phi) is 1.98. The Bertz CT molecular complexity index is 222. The monoisotopic (exact) mass is 192 g/mol. The Morgan fingerprint density at radius 3 is 2.71 bits per heavy atom. The van der Waals surface area contributed by atoms with E-state index in [0.29, 0.717) is 0 Å². The van der Waals surface area contributed by atoms with Crippen LogP contribution in [0.4, 0.5) is 0 Å². The molecule has 0 aromatic heterocycles. The molecular weight excluding hydrogens is 168 g/mol. The van der Waals surface area contributed by atoms with Crippen molar-refractivity contribution in [3.8, 4) is 0 Å². The Labute approximate surface area is 88.5 Å². The second kappa shape index (κ2) is 3.00. The number of rotatable bonds is 1. The second-order valence-electron chi connectivity index (χ2n) is 6.44. The van der Waals surface area contributed by atoms with Crippen molar-refractivity contribution in [3.05, 3.63) is 0 Å². The van der Waals surface area contributed by atoms with E-state index >= 15 is 0 Å². The van der Waals surface area contributed by atoms with E-state index in [2.05, 4.69) is 13.8 Å². The fourth-order valence-corrected chi connectivity index (χ4v) is 5.18. The van der Waals surface area contributed by atoms with Gasteiger partial charge in [-0.25, -0.2) is 0 Å². The quantitative estimate of drug-likeness (QED) is 0.582. The maximum atomic E-state index is 2.51. The van der Waals surface area contributed by atoms with Crippen molar-refractivity contribution in [2.45, 2.75) is 58.8 Å². The minimum Gasteiger partial charge on any atom is -0.0651 e. The van der Waals surface area contributed by atoms with Crippen molar-refractivity contribution in [1.29, 1.82) is 0 Å². The maximum Gasteiger partial charge on any atom is -0.0259 e. The summed E-state index contributed by atoms with van der Waals surface area (Å²) in [5.41, 5.74) is 0.862. The fourth-order valence-electron chi connectivity index (χ4n) is 5.18. The van der Waals surface area contributed by atoms with Crippen molar-refractivity contribution in [1.82, 2.24) is 0 Å². The summed E-state index contributed by atoms with van der Waals surface area (Å²) in [7, 11) is 0. The van der Waals surface area contributed by atoms with Gasteiger partial charge < -0.3 is 0 Å². The molecule has 3 unspecified atom stereocenters. The molecule has 0 aromatic carbocycles. The van der Waals surface area contributed by atoms with E-state index in [4.69, 9.17) is 0 Å². The van der Waals surface area contributed by atoms with Crippen LogP contribution in [0.2, 0.25) is 0 Å². The van der Waals surface area contributed by atoms with Crippen molar-refractivity contribution in [3.63, 3.8) is 0 Å². The first-order valence-corrected chi connectivity index (χ1v) is 6.75. The molecule has 3 aliphatic carbocycles. The van der Waals surface area contributed by atoms with Gasteiger partial charge in [-0.2, -0.15) is 0 Å². The molecule has 0 radical (unpaired) electrons. The topological polar surface area (TPSA) is 0 Å². The summed E-state index contributed by atoms with van der Waals surface area (Å²) >= 11 is 0. The fraction of sp³-hybridized carbons (Fsp3) is 1.00. The molecule has 14 heavy (non-hydrogen) atoms. The second-order valence-corrected chi connectivity index (χ2v) is 6.44. The zero-order chi connectivity index (χ0) is 9.76. The Balaban J connectivity index is 1.73. The third-order valence-corrected chi connectivity index (χ3v) is 5.72. The first kappa shape index (κ1) is 9.24. The van der Waals surface area contributed by atoms with Gasteiger partial charge in [-0.1, -0.05) is 33.1 Å². The normalized spacial score (nSPS) is 56.1. The van der Waals surface area contributed by atoms with E-state index < -0.39 is 0 Å². The van der Waals surface area contributed by atoms with Gasteiger partial charge in [-0.05, 0) is 54.8 Å². The number of hydrogen-bond acceptors (Lipinski definition) is 0. The van der Waals surface area contributed by atoms with Gasteiger partial charge in [0.25, 0.3) is 0 Å². The van der Waals surface area contributed by atoms with Crippen LogP contribution in [0.25, 0.3) is 0 Å². The van der Waals surface area contributed by atoms with Gasteiger partial charge in [0.1, 0.15) is 0 Å². The Morgan fingerprint density at radius 2 is 2.07 bits per heavy atom. The maximum absolute atomic E-state index is 2.51. The highest BCUT2D eigenvalue weighted by molar-refractivity contribution is 5.07. The highest BCUT2D eigenvalue weighted by Crippen LogP contribution is 2.67. The molecule has 0 heterocycles. The van der Waals surface area contributed by atoms with Gasteiger partial charge in [0.2, 0.25) is 0 Å². The van der Waals surface area contributed by atoms with Crippen LogP contribution in [0, 0.1) is 29.1 Å². The molecule has 0 heteroatoms. The first-order valence-electron chi connectivity index (χ1n) is 6.75. The molecule has 3 atom stereocenters. The van der Waals surface area contributed by atoms with Crippen LogP contribution in [0.15, 0.2) is 0 Å². The summed E-state index contributed by atoms with van der Waals surface area (Å²) < 4.78 is 0. The third-order valence-electron chi connectivity index (χ3n) is 5.72. The molecule has 80 valence electrons. The molecule has 0 aliphatic heterocycles. The van der Waals surface area contributed by atoms with Crippen LogP contribution < -0.4 is 0 Å². The van der Waals surface area contributed by atoms with E-state index in [1.807, 2.05) is 0 Å². The van der Waals surface area contributed by atoms with Gasteiger partial charge in [-0.3, -0.25) is 0 Å². The summed E-state index contributed by atoms with van der Waals surface area (Å²) in [6.07, 6.45) is 10.9. The molecule has 0 nitrogen and oxygen atoms in total. The molecular formula is C14H24. The molecule has 0 N–H and O–H groups in total. The van der Waals surface area contributed by atoms with Crippen molar-refractivity contribution in [2.24, 2.45) is 29.1 Å². The van der Waals surface area contributed by atoms with Crippen LogP contribution in [0.3, 0.4) is 0 Å². The summed E-state index contributed by atoms with van der Waals surface area (Å²) in [6, 6.07) is 0. The van der Waals surface area contributed by atoms with Gasteiger partial charge >= 0.3 is 0 Å². The minimum atomic E-state index is 0.862. The number of hydrogen-bond donors (Lipinski definition) is 0. The van der Waals surface area contributed by atoms with E-state index in [-0.39, 0.29) is 0 Å². The minimum absolute atomic E-state index is 0.862. The van der Waals surface area contributed by atoms with Crippen LogP contribution in [-0.4, -0.2) is 0 Å². The van der Waals surface area contributed by atoms with Gasteiger partial charge in [-0.15, -0.1) is 0 Å². The molecule has 1 spiro atoms. The zero-order valence-electron chi connectivity index (χ0n) is 9.76. The Hall–Kier alpha value is 0. The molecule has 0 aromatic rings. The summed E-state index contributed by atoms with van der Waals surface area (Å²) in [4.78, 5) is 0. The standard InChI is InChI=1S/C14H24/c1-3-11-8-14(9-11)6-4-5-12-7-10(2)13(12)14/h10-13H,3-9H2,1-2H3. The highest BCUT2D eigenvalue weighted by Gasteiger charge is 2.57. The molecule has 0 amide bonds. The molecule has 3 aliphatic rings. The molecule has 3 rings (SSSR count). The predicted molar refractivity (Wildman–Crippen MR) is 60.1 cm³/mol. The lowest BCUT2D eigenvalue weighted by molar-refractivity contribution is -0.145. The summed E-state index contributed by atoms with van der Waals surface area (Å²) in [5, 5.41) is 0. The molecule has 3 fully saturated rings.